The molecule has 2 aliphatic rings. The summed E-state index contributed by atoms with van der Waals surface area (Å²) in [4.78, 5) is 6.85. The lowest BCUT2D eigenvalue weighted by Crippen LogP contribution is -2.46. The first-order valence-corrected chi connectivity index (χ1v) is 10.4. The van der Waals surface area contributed by atoms with Gasteiger partial charge in [-0.15, -0.1) is 0 Å². The number of anilines is 1. The monoisotopic (exact) mass is 352 g/mol. The van der Waals surface area contributed by atoms with Crippen LogP contribution in [0.2, 0.25) is 0 Å². The van der Waals surface area contributed by atoms with E-state index < -0.39 is 0 Å². The van der Waals surface area contributed by atoms with Crippen molar-refractivity contribution in [1.29, 1.82) is 0 Å². The molecule has 0 atom stereocenters. The van der Waals surface area contributed by atoms with E-state index in [1.807, 2.05) is 19.3 Å². The molecule has 1 aliphatic heterocycles. The van der Waals surface area contributed by atoms with Gasteiger partial charge in [0.25, 0.3) is 0 Å². The summed E-state index contributed by atoms with van der Waals surface area (Å²) in [5, 5.41) is 3.97. The predicted octanol–water partition coefficient (Wildman–Crippen LogP) is 4.46. The molecule has 2 fully saturated rings. The number of aromatic nitrogens is 2. The van der Waals surface area contributed by atoms with Crippen molar-refractivity contribution in [3.8, 4) is 5.69 Å². The van der Waals surface area contributed by atoms with Gasteiger partial charge >= 0.3 is 0 Å². The SMILES string of the molecule is Cc1nccn1-c1ccc(N2CCC(NC3CCCCCC3)CC2)cc1. The molecule has 1 aliphatic carbocycles. The lowest BCUT2D eigenvalue weighted by molar-refractivity contribution is 0.345. The van der Waals surface area contributed by atoms with E-state index in [-0.39, 0.29) is 0 Å². The fourth-order valence-electron chi connectivity index (χ4n) is 4.56. The molecule has 1 saturated carbocycles. The zero-order chi connectivity index (χ0) is 17.8. The Morgan fingerprint density at radius 2 is 1.46 bits per heavy atom. The number of benzene rings is 1. The molecule has 1 saturated heterocycles. The van der Waals surface area contributed by atoms with E-state index in [4.69, 9.17) is 0 Å². The highest BCUT2D eigenvalue weighted by Crippen LogP contribution is 2.24. The van der Waals surface area contributed by atoms with Crippen LogP contribution in [0.15, 0.2) is 36.7 Å². The van der Waals surface area contributed by atoms with Gasteiger partial charge in [0.05, 0.1) is 0 Å². The lowest BCUT2D eigenvalue weighted by Gasteiger charge is -2.36. The van der Waals surface area contributed by atoms with Crippen LogP contribution >= 0.6 is 0 Å². The maximum atomic E-state index is 4.31. The number of hydrogen-bond donors (Lipinski definition) is 1. The summed E-state index contributed by atoms with van der Waals surface area (Å²) in [5.74, 6) is 1.03. The second-order valence-electron chi connectivity index (χ2n) is 7.98. The molecule has 0 bridgehead atoms. The minimum Gasteiger partial charge on any atom is -0.371 e. The Hall–Kier alpha value is -1.81. The van der Waals surface area contributed by atoms with Crippen LogP contribution < -0.4 is 10.2 Å². The molecule has 4 rings (SSSR count). The minimum absolute atomic E-state index is 0.710. The van der Waals surface area contributed by atoms with Gasteiger partial charge < -0.3 is 14.8 Å². The van der Waals surface area contributed by atoms with Crippen molar-refractivity contribution < 1.29 is 0 Å². The third kappa shape index (κ3) is 4.12. The van der Waals surface area contributed by atoms with Crippen LogP contribution in [-0.2, 0) is 0 Å². The van der Waals surface area contributed by atoms with Crippen molar-refractivity contribution in [3.05, 3.63) is 42.5 Å². The molecule has 140 valence electrons. The normalized spacial score (nSPS) is 20.3. The first kappa shape index (κ1) is 17.6. The van der Waals surface area contributed by atoms with Gasteiger partial charge in [0.15, 0.2) is 0 Å². The van der Waals surface area contributed by atoms with Crippen LogP contribution in [0.1, 0.15) is 57.2 Å². The lowest BCUT2D eigenvalue weighted by atomic mass is 10.0. The molecule has 4 nitrogen and oxygen atoms in total. The topological polar surface area (TPSA) is 33.1 Å². The van der Waals surface area contributed by atoms with Gasteiger partial charge in [-0.2, -0.15) is 0 Å². The van der Waals surface area contributed by atoms with Crippen LogP contribution in [0.5, 0.6) is 0 Å². The summed E-state index contributed by atoms with van der Waals surface area (Å²) >= 11 is 0. The predicted molar refractivity (Wildman–Crippen MR) is 108 cm³/mol. The van der Waals surface area contributed by atoms with Gasteiger partial charge in [-0.05, 0) is 56.9 Å². The first-order chi connectivity index (χ1) is 12.8. The van der Waals surface area contributed by atoms with Crippen LogP contribution in [0, 0.1) is 6.92 Å². The third-order valence-corrected chi connectivity index (χ3v) is 6.14. The Morgan fingerprint density at radius 1 is 0.846 bits per heavy atom. The minimum atomic E-state index is 0.710. The molecule has 1 aromatic carbocycles. The van der Waals surface area contributed by atoms with Crippen LogP contribution in [-0.4, -0.2) is 34.7 Å². The molecule has 4 heteroatoms. The van der Waals surface area contributed by atoms with Crippen LogP contribution in [0.4, 0.5) is 5.69 Å². The number of rotatable bonds is 4. The Morgan fingerprint density at radius 3 is 2.08 bits per heavy atom. The molecule has 2 heterocycles. The first-order valence-electron chi connectivity index (χ1n) is 10.4. The zero-order valence-electron chi connectivity index (χ0n) is 16.0. The highest BCUT2D eigenvalue weighted by molar-refractivity contribution is 5.51. The van der Waals surface area contributed by atoms with E-state index >= 15 is 0 Å². The Labute approximate surface area is 157 Å². The Kier molecular flexibility index (Phi) is 5.59. The average Bonchev–Trinajstić information content (AvgIpc) is 2.94. The van der Waals surface area contributed by atoms with E-state index in [0.717, 1.165) is 25.0 Å². The van der Waals surface area contributed by atoms with Crippen LogP contribution in [0.25, 0.3) is 5.69 Å². The van der Waals surface area contributed by atoms with E-state index in [9.17, 15) is 0 Å². The molecular formula is C22H32N4. The Balaban J connectivity index is 1.31. The largest absolute Gasteiger partial charge is 0.371 e. The van der Waals surface area contributed by atoms with Gasteiger partial charge in [-0.1, -0.05) is 25.7 Å². The summed E-state index contributed by atoms with van der Waals surface area (Å²) in [6.07, 6.45) is 14.9. The van der Waals surface area contributed by atoms with Crippen molar-refractivity contribution in [2.45, 2.75) is 70.4 Å². The van der Waals surface area contributed by atoms with Gasteiger partial charge in [-0.25, -0.2) is 4.98 Å². The van der Waals surface area contributed by atoms with Gasteiger partial charge in [0.1, 0.15) is 5.82 Å². The number of imidazole rings is 1. The standard InChI is InChI=1S/C22H32N4/c1-18-23-14-17-26(18)22-10-8-21(9-11-22)25-15-12-20(13-16-25)24-19-6-4-2-3-5-7-19/h8-11,14,17,19-20,24H,2-7,12-13,15-16H2,1H3. The zero-order valence-corrected chi connectivity index (χ0v) is 16.0. The fraction of sp³-hybridized carbons (Fsp3) is 0.591. The second kappa shape index (κ2) is 8.26. The molecule has 2 aromatic rings. The van der Waals surface area contributed by atoms with E-state index in [1.54, 1.807) is 0 Å². The van der Waals surface area contributed by atoms with Crippen molar-refractivity contribution in [2.75, 3.05) is 18.0 Å². The molecule has 1 N–H and O–H groups in total. The number of piperidine rings is 1. The smallest absolute Gasteiger partial charge is 0.110 e. The van der Waals surface area contributed by atoms with Gasteiger partial charge in [0.2, 0.25) is 0 Å². The maximum absolute atomic E-state index is 4.31. The van der Waals surface area contributed by atoms with Crippen molar-refractivity contribution in [3.63, 3.8) is 0 Å². The quantitative estimate of drug-likeness (QED) is 0.825. The molecule has 0 unspecified atom stereocenters. The number of hydrogen-bond acceptors (Lipinski definition) is 3. The summed E-state index contributed by atoms with van der Waals surface area (Å²) in [7, 11) is 0. The molecule has 0 radical (unpaired) electrons. The summed E-state index contributed by atoms with van der Waals surface area (Å²) in [6.45, 7) is 4.36. The van der Waals surface area contributed by atoms with Crippen LogP contribution in [0.3, 0.4) is 0 Å². The molecular weight excluding hydrogens is 320 g/mol. The molecule has 0 amide bonds. The Bertz CT molecular complexity index is 674. The molecule has 26 heavy (non-hydrogen) atoms. The van der Waals surface area contributed by atoms with E-state index in [0.29, 0.717) is 6.04 Å². The summed E-state index contributed by atoms with van der Waals surface area (Å²) in [6, 6.07) is 10.4. The average molecular weight is 353 g/mol. The van der Waals surface area contributed by atoms with Gasteiger partial charge in [-0.3, -0.25) is 0 Å². The van der Waals surface area contributed by atoms with Gasteiger partial charge in [0, 0.05) is 48.9 Å². The summed E-state index contributed by atoms with van der Waals surface area (Å²) in [5.41, 5.74) is 2.54. The molecule has 1 aromatic heterocycles. The second-order valence-corrected chi connectivity index (χ2v) is 7.98. The summed E-state index contributed by atoms with van der Waals surface area (Å²) < 4.78 is 2.13. The van der Waals surface area contributed by atoms with Crippen molar-refractivity contribution in [2.24, 2.45) is 0 Å². The third-order valence-electron chi connectivity index (χ3n) is 6.14. The van der Waals surface area contributed by atoms with E-state index in [1.165, 1.54) is 62.7 Å². The molecule has 0 spiro atoms. The number of nitrogens with zero attached hydrogens (tertiary/aromatic N) is 3. The maximum Gasteiger partial charge on any atom is 0.110 e. The number of nitrogens with one attached hydrogen (secondary N) is 1. The highest BCUT2D eigenvalue weighted by Gasteiger charge is 2.22. The van der Waals surface area contributed by atoms with E-state index in [2.05, 4.69) is 44.0 Å². The highest BCUT2D eigenvalue weighted by atomic mass is 15.2. The van der Waals surface area contributed by atoms with Crippen molar-refractivity contribution in [1.82, 2.24) is 14.9 Å². The number of aryl methyl sites for hydroxylation is 1. The fourth-order valence-corrected chi connectivity index (χ4v) is 4.56. The van der Waals surface area contributed by atoms with Crippen molar-refractivity contribution >= 4 is 5.69 Å².